The van der Waals surface area contributed by atoms with Crippen LogP contribution in [0.25, 0.3) is 0 Å². The lowest BCUT2D eigenvalue weighted by molar-refractivity contribution is 0.237. The second kappa shape index (κ2) is 5.57. The van der Waals surface area contributed by atoms with Gasteiger partial charge in [-0.2, -0.15) is 0 Å². The van der Waals surface area contributed by atoms with Crippen LogP contribution in [0.5, 0.6) is 0 Å². The highest BCUT2D eigenvalue weighted by molar-refractivity contribution is 7.93. The van der Waals surface area contributed by atoms with Crippen molar-refractivity contribution in [2.75, 3.05) is 24.4 Å². The average Bonchev–Trinajstić information content (AvgIpc) is 3.05. The number of aryl methyl sites for hydroxylation is 3. The van der Waals surface area contributed by atoms with Crippen molar-refractivity contribution in [2.45, 2.75) is 44.0 Å². The zero-order chi connectivity index (χ0) is 17.9. The SMILES string of the molecule is Cc1ccc2c(c1)[C@@H]1CN(C)CC[C@@H]1N2S(=O)(=O)c1c(C)noc1C. The number of hydrogen-bond donors (Lipinski definition) is 0. The number of hydrogen-bond acceptors (Lipinski definition) is 5. The van der Waals surface area contributed by atoms with E-state index in [4.69, 9.17) is 4.52 Å². The molecule has 2 aliphatic rings. The van der Waals surface area contributed by atoms with Gasteiger partial charge in [-0.05, 0) is 52.4 Å². The maximum absolute atomic E-state index is 13.5. The largest absolute Gasteiger partial charge is 0.360 e. The molecule has 2 atom stereocenters. The van der Waals surface area contributed by atoms with Crippen molar-refractivity contribution in [1.29, 1.82) is 0 Å². The molecule has 0 bridgehead atoms. The molecule has 0 radical (unpaired) electrons. The highest BCUT2D eigenvalue weighted by Crippen LogP contribution is 2.47. The Labute approximate surface area is 148 Å². The molecule has 6 nitrogen and oxygen atoms in total. The van der Waals surface area contributed by atoms with E-state index in [1.54, 1.807) is 18.2 Å². The first kappa shape index (κ1) is 16.6. The van der Waals surface area contributed by atoms with E-state index >= 15 is 0 Å². The van der Waals surface area contributed by atoms with Crippen LogP contribution in [0.1, 0.15) is 34.9 Å². The van der Waals surface area contributed by atoms with Crippen LogP contribution in [0.15, 0.2) is 27.6 Å². The van der Waals surface area contributed by atoms with Gasteiger partial charge in [-0.25, -0.2) is 8.42 Å². The summed E-state index contributed by atoms with van der Waals surface area (Å²) in [5, 5.41) is 3.85. The number of nitrogens with zero attached hydrogens (tertiary/aromatic N) is 3. The minimum atomic E-state index is -3.71. The number of benzene rings is 1. The number of aromatic nitrogens is 1. The summed E-state index contributed by atoms with van der Waals surface area (Å²) in [7, 11) is -1.62. The van der Waals surface area contributed by atoms with Crippen molar-refractivity contribution in [3.05, 3.63) is 40.8 Å². The van der Waals surface area contributed by atoms with Crippen molar-refractivity contribution in [3.63, 3.8) is 0 Å². The van der Waals surface area contributed by atoms with Crippen LogP contribution in [0, 0.1) is 20.8 Å². The summed E-state index contributed by atoms with van der Waals surface area (Å²) < 4.78 is 33.8. The molecule has 0 aliphatic carbocycles. The summed E-state index contributed by atoms with van der Waals surface area (Å²) in [4.78, 5) is 2.48. The maximum Gasteiger partial charge on any atom is 0.270 e. The molecule has 2 aliphatic heterocycles. The van der Waals surface area contributed by atoms with Crippen LogP contribution < -0.4 is 4.31 Å². The fourth-order valence-corrected chi connectivity index (χ4v) is 6.33. The number of likely N-dealkylation sites (tertiary alicyclic amines) is 1. The lowest BCUT2D eigenvalue weighted by atomic mass is 9.89. The van der Waals surface area contributed by atoms with E-state index in [1.807, 2.05) is 19.1 Å². The third-order valence-corrected chi connectivity index (χ3v) is 7.47. The van der Waals surface area contributed by atoms with Crippen LogP contribution in [-0.4, -0.2) is 44.7 Å². The zero-order valence-electron chi connectivity index (χ0n) is 15.0. The number of fused-ring (bicyclic) bond motifs is 3. The van der Waals surface area contributed by atoms with Crippen LogP contribution in [0.2, 0.25) is 0 Å². The molecule has 4 rings (SSSR count). The Bertz CT molecular complexity index is 916. The second-order valence-corrected chi connectivity index (χ2v) is 8.99. The molecule has 1 saturated heterocycles. The smallest absolute Gasteiger partial charge is 0.270 e. The summed E-state index contributed by atoms with van der Waals surface area (Å²) in [5.74, 6) is 0.548. The molecule has 0 amide bonds. The molecule has 1 aromatic carbocycles. The molecule has 134 valence electrons. The van der Waals surface area contributed by atoms with Crippen LogP contribution in [0.3, 0.4) is 0 Å². The van der Waals surface area contributed by atoms with Crippen molar-refractivity contribution in [1.82, 2.24) is 10.1 Å². The molecule has 0 unspecified atom stereocenters. The van der Waals surface area contributed by atoms with Crippen LogP contribution in [0.4, 0.5) is 5.69 Å². The quantitative estimate of drug-likeness (QED) is 0.822. The average molecular weight is 361 g/mol. The summed E-state index contributed by atoms with van der Waals surface area (Å²) in [6.45, 7) is 7.15. The van der Waals surface area contributed by atoms with Gasteiger partial charge in [0.2, 0.25) is 0 Å². The molecule has 1 aromatic heterocycles. The predicted octanol–water partition coefficient (Wildman–Crippen LogP) is 2.60. The van der Waals surface area contributed by atoms with Crippen molar-refractivity contribution >= 4 is 15.7 Å². The third-order valence-electron chi connectivity index (χ3n) is 5.39. The summed E-state index contributed by atoms with van der Waals surface area (Å²) in [5.41, 5.74) is 3.51. The Morgan fingerprint density at radius 2 is 2.00 bits per heavy atom. The first-order valence-electron chi connectivity index (χ1n) is 8.57. The Hall–Kier alpha value is -1.86. The van der Waals surface area contributed by atoms with Gasteiger partial charge in [0.05, 0.1) is 11.7 Å². The molecule has 0 saturated carbocycles. The summed E-state index contributed by atoms with van der Waals surface area (Å²) >= 11 is 0. The van der Waals surface area contributed by atoms with Crippen LogP contribution >= 0.6 is 0 Å². The Balaban J connectivity index is 1.90. The number of likely N-dealkylation sites (N-methyl/N-ethyl adjacent to an activating group) is 1. The molecule has 2 aromatic rings. The van der Waals surface area contributed by atoms with Gasteiger partial charge in [-0.3, -0.25) is 4.31 Å². The summed E-state index contributed by atoms with van der Waals surface area (Å²) in [6, 6.07) is 6.01. The van der Waals surface area contributed by atoms with Gasteiger partial charge in [0.1, 0.15) is 5.69 Å². The highest BCUT2D eigenvalue weighted by atomic mass is 32.2. The Morgan fingerprint density at radius 1 is 1.24 bits per heavy atom. The van der Waals surface area contributed by atoms with Gasteiger partial charge in [-0.15, -0.1) is 0 Å². The van der Waals surface area contributed by atoms with E-state index in [9.17, 15) is 8.42 Å². The lowest BCUT2D eigenvalue weighted by Crippen LogP contribution is -2.47. The number of sulfonamides is 1. The maximum atomic E-state index is 13.5. The first-order chi connectivity index (χ1) is 11.8. The molecule has 0 N–H and O–H groups in total. The van der Waals surface area contributed by atoms with Gasteiger partial charge in [0.15, 0.2) is 10.7 Å². The monoisotopic (exact) mass is 361 g/mol. The molecule has 25 heavy (non-hydrogen) atoms. The fourth-order valence-electron chi connectivity index (χ4n) is 4.29. The molecule has 7 heteroatoms. The third kappa shape index (κ3) is 2.40. The minimum absolute atomic E-state index is 0.0494. The predicted molar refractivity (Wildman–Crippen MR) is 95.5 cm³/mol. The van der Waals surface area contributed by atoms with E-state index in [0.29, 0.717) is 11.5 Å². The van der Waals surface area contributed by atoms with Gasteiger partial charge >= 0.3 is 0 Å². The van der Waals surface area contributed by atoms with Gasteiger partial charge in [0.25, 0.3) is 10.0 Å². The number of rotatable bonds is 2. The van der Waals surface area contributed by atoms with E-state index in [-0.39, 0.29) is 16.9 Å². The minimum Gasteiger partial charge on any atom is -0.360 e. The second-order valence-electron chi connectivity index (χ2n) is 7.24. The van der Waals surface area contributed by atoms with Crippen molar-refractivity contribution in [2.24, 2.45) is 0 Å². The normalized spacial score (nSPS) is 23.6. The molecular formula is C18H23N3O3S. The van der Waals surface area contributed by atoms with Crippen molar-refractivity contribution < 1.29 is 12.9 Å². The van der Waals surface area contributed by atoms with Gasteiger partial charge in [0, 0.05) is 12.5 Å². The Morgan fingerprint density at radius 3 is 2.68 bits per heavy atom. The molecular weight excluding hydrogens is 338 g/mol. The lowest BCUT2D eigenvalue weighted by Gasteiger charge is -2.36. The summed E-state index contributed by atoms with van der Waals surface area (Å²) in [6.07, 6.45) is 0.817. The topological polar surface area (TPSA) is 66.7 Å². The van der Waals surface area contributed by atoms with E-state index < -0.39 is 10.0 Å². The number of anilines is 1. The molecule has 3 heterocycles. The standard InChI is InChI=1S/C18H23N3O3S/c1-11-5-6-16-14(9-11)15-10-20(4)8-7-17(15)21(16)25(22,23)18-12(2)19-24-13(18)3/h5-6,9,15,17H,7-8,10H2,1-4H3/t15-,17-/m0/s1. The highest BCUT2D eigenvalue weighted by Gasteiger charge is 2.47. The molecule has 0 spiro atoms. The van der Waals surface area contributed by atoms with Crippen LogP contribution in [-0.2, 0) is 10.0 Å². The molecule has 1 fully saturated rings. The first-order valence-corrected chi connectivity index (χ1v) is 10.0. The van der Waals surface area contributed by atoms with E-state index in [0.717, 1.165) is 36.3 Å². The van der Waals surface area contributed by atoms with Gasteiger partial charge in [-0.1, -0.05) is 22.9 Å². The van der Waals surface area contributed by atoms with Crippen molar-refractivity contribution in [3.8, 4) is 0 Å². The zero-order valence-corrected chi connectivity index (χ0v) is 15.8. The number of piperidine rings is 1. The fraction of sp³-hybridized carbons (Fsp3) is 0.500. The van der Waals surface area contributed by atoms with E-state index in [2.05, 4.69) is 23.2 Å². The Kier molecular flexibility index (Phi) is 3.70. The van der Waals surface area contributed by atoms with E-state index in [1.165, 1.54) is 0 Å². The van der Waals surface area contributed by atoms with Gasteiger partial charge < -0.3 is 9.42 Å².